The van der Waals surface area contributed by atoms with E-state index in [1.54, 1.807) is 11.8 Å². The van der Waals surface area contributed by atoms with Gasteiger partial charge in [0.25, 0.3) is 0 Å². The summed E-state index contributed by atoms with van der Waals surface area (Å²) in [5, 5.41) is 11.4. The minimum absolute atomic E-state index is 0.402. The maximum atomic E-state index is 11.9. The zero-order valence-corrected chi connectivity index (χ0v) is 18.0. The van der Waals surface area contributed by atoms with Crippen LogP contribution in [0.3, 0.4) is 0 Å². The lowest BCUT2D eigenvalue weighted by atomic mass is 9.95. The molecule has 0 spiro atoms. The smallest absolute Gasteiger partial charge is 0.307 e. The Hall–Kier alpha value is -2.24. The Morgan fingerprint density at radius 2 is 1.86 bits per heavy atom. The molecule has 1 N–H and O–H groups in total. The number of halogens is 1. The molecule has 0 fully saturated rings. The lowest BCUT2D eigenvalue weighted by Gasteiger charge is -2.11. The normalized spacial score (nSPS) is 12.1. The van der Waals surface area contributed by atoms with Gasteiger partial charge in [-0.1, -0.05) is 78.8 Å². The van der Waals surface area contributed by atoms with Crippen molar-refractivity contribution in [3.63, 3.8) is 0 Å². The van der Waals surface area contributed by atoms with Crippen LogP contribution < -0.4 is 0 Å². The van der Waals surface area contributed by atoms with Gasteiger partial charge in [-0.2, -0.15) is 0 Å². The molecule has 2 aromatic carbocycles. The summed E-state index contributed by atoms with van der Waals surface area (Å²) in [6.45, 7) is 2.75. The van der Waals surface area contributed by atoms with Gasteiger partial charge in [-0.3, -0.25) is 4.79 Å². The van der Waals surface area contributed by atoms with Gasteiger partial charge in [0.05, 0.1) is 18.2 Å². The number of carboxylic acids is 1. The van der Waals surface area contributed by atoms with E-state index in [1.165, 1.54) is 0 Å². The summed E-state index contributed by atoms with van der Waals surface area (Å²) in [4.78, 5) is 16.6. The fourth-order valence-corrected chi connectivity index (χ4v) is 4.23. The number of carbonyl (C=O) groups is 1. The van der Waals surface area contributed by atoms with Crippen LogP contribution in [0.15, 0.2) is 66.0 Å². The van der Waals surface area contributed by atoms with Gasteiger partial charge in [0, 0.05) is 23.4 Å². The third-order valence-electron chi connectivity index (χ3n) is 4.65. The first-order chi connectivity index (χ1) is 14.1. The molecule has 0 aliphatic heterocycles. The van der Waals surface area contributed by atoms with Gasteiger partial charge in [0.2, 0.25) is 0 Å². The molecule has 0 amide bonds. The van der Waals surface area contributed by atoms with E-state index in [0.29, 0.717) is 19.4 Å². The standard InChI is InChI=1S/C23H25ClN2O2S/c1-2-12-29-23-25-20(16-26(23)15-18-10-6-7-11-21(18)24)14-19(22(27)28)13-17-8-4-3-5-9-17/h3-11,16,19H,2,12-15H2,1H3,(H,27,28). The summed E-state index contributed by atoms with van der Waals surface area (Å²) in [7, 11) is 0. The maximum absolute atomic E-state index is 11.9. The van der Waals surface area contributed by atoms with Crippen molar-refractivity contribution < 1.29 is 9.90 Å². The molecule has 6 heteroatoms. The Bertz CT molecular complexity index is 943. The molecule has 152 valence electrons. The van der Waals surface area contributed by atoms with Crippen molar-refractivity contribution >= 4 is 29.3 Å². The van der Waals surface area contributed by atoms with E-state index >= 15 is 0 Å². The van der Waals surface area contributed by atoms with E-state index in [1.807, 2.05) is 60.8 Å². The highest BCUT2D eigenvalue weighted by molar-refractivity contribution is 7.99. The molecular weight excluding hydrogens is 404 g/mol. The summed E-state index contributed by atoms with van der Waals surface area (Å²) in [6.07, 6.45) is 3.91. The molecule has 0 aliphatic rings. The summed E-state index contributed by atoms with van der Waals surface area (Å²) in [6, 6.07) is 17.5. The SMILES string of the molecule is CCCSc1nc(CC(Cc2ccccc2)C(=O)O)cn1Cc1ccccc1Cl. The van der Waals surface area contributed by atoms with Crippen molar-refractivity contribution in [3.05, 3.63) is 82.6 Å². The highest BCUT2D eigenvalue weighted by atomic mass is 35.5. The number of nitrogens with zero attached hydrogens (tertiary/aromatic N) is 2. The number of imidazole rings is 1. The summed E-state index contributed by atoms with van der Waals surface area (Å²) < 4.78 is 2.08. The first kappa shape index (κ1) is 21.5. The largest absolute Gasteiger partial charge is 0.481 e. The van der Waals surface area contributed by atoms with Gasteiger partial charge in [0.15, 0.2) is 5.16 Å². The molecule has 0 aliphatic carbocycles. The number of carboxylic acid groups (broad SMARTS) is 1. The second-order valence-corrected chi connectivity index (χ2v) is 8.48. The molecule has 29 heavy (non-hydrogen) atoms. The van der Waals surface area contributed by atoms with Gasteiger partial charge in [-0.25, -0.2) is 4.98 Å². The first-order valence-electron chi connectivity index (χ1n) is 9.75. The Morgan fingerprint density at radius 3 is 2.55 bits per heavy atom. The van der Waals surface area contributed by atoms with Crippen LogP contribution in [0.25, 0.3) is 0 Å². The number of rotatable bonds is 10. The molecule has 0 radical (unpaired) electrons. The van der Waals surface area contributed by atoms with Gasteiger partial charge in [-0.05, 0) is 30.0 Å². The Labute approximate surface area is 180 Å². The highest BCUT2D eigenvalue weighted by Crippen LogP contribution is 2.24. The van der Waals surface area contributed by atoms with Crippen molar-refractivity contribution in [2.45, 2.75) is 37.9 Å². The summed E-state index contributed by atoms with van der Waals surface area (Å²) in [5.41, 5.74) is 2.85. The van der Waals surface area contributed by atoms with Crippen molar-refractivity contribution in [2.75, 3.05) is 5.75 Å². The lowest BCUT2D eigenvalue weighted by molar-refractivity contribution is -0.141. The molecule has 1 atom stereocenters. The average molecular weight is 429 g/mol. The third-order valence-corrected chi connectivity index (χ3v) is 6.22. The molecule has 1 aromatic heterocycles. The minimum atomic E-state index is -0.794. The highest BCUT2D eigenvalue weighted by Gasteiger charge is 2.21. The lowest BCUT2D eigenvalue weighted by Crippen LogP contribution is -2.19. The predicted molar refractivity (Wildman–Crippen MR) is 119 cm³/mol. The zero-order valence-electron chi connectivity index (χ0n) is 16.4. The van der Waals surface area contributed by atoms with Crippen molar-refractivity contribution in [3.8, 4) is 0 Å². The van der Waals surface area contributed by atoms with E-state index < -0.39 is 11.9 Å². The molecule has 0 saturated heterocycles. The van der Waals surface area contributed by atoms with Gasteiger partial charge >= 0.3 is 5.97 Å². The fraction of sp³-hybridized carbons (Fsp3) is 0.304. The summed E-state index contributed by atoms with van der Waals surface area (Å²) >= 11 is 8.03. The van der Waals surface area contributed by atoms with Crippen LogP contribution >= 0.6 is 23.4 Å². The van der Waals surface area contributed by atoms with Crippen LogP contribution in [0.5, 0.6) is 0 Å². The Morgan fingerprint density at radius 1 is 1.14 bits per heavy atom. The van der Waals surface area contributed by atoms with Crippen LogP contribution in [-0.4, -0.2) is 26.4 Å². The molecule has 0 bridgehead atoms. The zero-order chi connectivity index (χ0) is 20.6. The van der Waals surface area contributed by atoms with Crippen molar-refractivity contribution in [1.29, 1.82) is 0 Å². The fourth-order valence-electron chi connectivity index (χ4n) is 3.18. The van der Waals surface area contributed by atoms with Gasteiger partial charge in [0.1, 0.15) is 0 Å². The van der Waals surface area contributed by atoms with E-state index in [-0.39, 0.29) is 0 Å². The Kier molecular flexibility index (Phi) is 7.78. The van der Waals surface area contributed by atoms with Crippen LogP contribution in [0, 0.1) is 5.92 Å². The molecule has 4 nitrogen and oxygen atoms in total. The number of hydrogen-bond acceptors (Lipinski definition) is 3. The number of benzene rings is 2. The minimum Gasteiger partial charge on any atom is -0.481 e. The second-order valence-electron chi connectivity index (χ2n) is 7.01. The van der Waals surface area contributed by atoms with E-state index in [0.717, 1.165) is 39.2 Å². The van der Waals surface area contributed by atoms with E-state index in [9.17, 15) is 9.90 Å². The van der Waals surface area contributed by atoms with E-state index in [2.05, 4.69) is 11.5 Å². The second kappa shape index (κ2) is 10.5. The number of aromatic nitrogens is 2. The van der Waals surface area contributed by atoms with Crippen LogP contribution in [0.2, 0.25) is 5.02 Å². The number of aliphatic carboxylic acids is 1. The molecule has 3 aromatic rings. The van der Waals surface area contributed by atoms with Crippen LogP contribution in [0.1, 0.15) is 30.2 Å². The van der Waals surface area contributed by atoms with Gasteiger partial charge in [-0.15, -0.1) is 0 Å². The maximum Gasteiger partial charge on any atom is 0.307 e. The molecular formula is C23H25ClN2O2S. The van der Waals surface area contributed by atoms with Crippen molar-refractivity contribution in [1.82, 2.24) is 9.55 Å². The van der Waals surface area contributed by atoms with Crippen LogP contribution in [-0.2, 0) is 24.2 Å². The first-order valence-corrected chi connectivity index (χ1v) is 11.1. The quantitative estimate of drug-likeness (QED) is 0.428. The van der Waals surface area contributed by atoms with Crippen LogP contribution in [0.4, 0.5) is 0 Å². The summed E-state index contributed by atoms with van der Waals surface area (Å²) in [5.74, 6) is -0.340. The monoisotopic (exact) mass is 428 g/mol. The van der Waals surface area contributed by atoms with Crippen molar-refractivity contribution in [2.24, 2.45) is 5.92 Å². The van der Waals surface area contributed by atoms with E-state index in [4.69, 9.17) is 16.6 Å². The molecule has 1 unspecified atom stereocenters. The number of thioether (sulfide) groups is 1. The average Bonchev–Trinajstić information content (AvgIpc) is 3.09. The molecule has 3 rings (SSSR count). The van der Waals surface area contributed by atoms with Gasteiger partial charge < -0.3 is 9.67 Å². The third kappa shape index (κ3) is 6.12. The Balaban J connectivity index is 1.81. The topological polar surface area (TPSA) is 55.1 Å². The molecule has 0 saturated carbocycles. The molecule has 1 heterocycles. The predicted octanol–water partition coefficient (Wildman–Crippen LogP) is 5.57. The number of hydrogen-bond donors (Lipinski definition) is 1.